The van der Waals surface area contributed by atoms with Crippen LogP contribution in [-0.4, -0.2) is 9.97 Å². The van der Waals surface area contributed by atoms with Gasteiger partial charge in [0.1, 0.15) is 0 Å². The zero-order valence-electron chi connectivity index (χ0n) is 11.5. The van der Waals surface area contributed by atoms with Crippen LogP contribution in [0.3, 0.4) is 0 Å². The Morgan fingerprint density at radius 1 is 0.900 bits per heavy atom. The molecule has 0 aliphatic carbocycles. The Hall–Kier alpha value is -1.91. The highest BCUT2D eigenvalue weighted by atomic mass is 19.4. The van der Waals surface area contributed by atoms with E-state index in [-0.39, 0.29) is 11.1 Å². The molecular weight excluding hydrogens is 265 g/mol. The van der Waals surface area contributed by atoms with E-state index < -0.39 is 11.9 Å². The highest BCUT2D eigenvalue weighted by molar-refractivity contribution is 5.58. The number of rotatable bonds is 1. The highest BCUT2D eigenvalue weighted by Crippen LogP contribution is 2.29. The van der Waals surface area contributed by atoms with Crippen molar-refractivity contribution in [3.63, 3.8) is 0 Å². The van der Waals surface area contributed by atoms with Crippen molar-refractivity contribution in [1.82, 2.24) is 9.97 Å². The van der Waals surface area contributed by atoms with Gasteiger partial charge in [-0.15, -0.1) is 0 Å². The molecular formula is C15H15F3N2. The van der Waals surface area contributed by atoms with Gasteiger partial charge in [0.2, 0.25) is 0 Å². The molecule has 0 fully saturated rings. The Kier molecular flexibility index (Phi) is 3.54. The summed E-state index contributed by atoms with van der Waals surface area (Å²) in [5, 5.41) is 0. The van der Waals surface area contributed by atoms with Crippen LogP contribution in [0, 0.1) is 0 Å². The van der Waals surface area contributed by atoms with E-state index in [0.29, 0.717) is 5.56 Å². The third-order valence-corrected chi connectivity index (χ3v) is 2.97. The fraction of sp³-hybridized carbons (Fsp3) is 0.333. The second kappa shape index (κ2) is 4.89. The molecule has 0 saturated carbocycles. The van der Waals surface area contributed by atoms with Crippen molar-refractivity contribution in [1.29, 1.82) is 0 Å². The van der Waals surface area contributed by atoms with Crippen molar-refractivity contribution in [2.75, 3.05) is 0 Å². The monoisotopic (exact) mass is 280 g/mol. The first kappa shape index (κ1) is 14.5. The van der Waals surface area contributed by atoms with Gasteiger partial charge in [-0.3, -0.25) is 4.98 Å². The molecule has 2 nitrogen and oxygen atoms in total. The Morgan fingerprint density at radius 3 is 2.00 bits per heavy atom. The molecule has 1 aromatic heterocycles. The number of alkyl halides is 3. The van der Waals surface area contributed by atoms with Gasteiger partial charge in [-0.2, -0.15) is 13.2 Å². The molecule has 2 aromatic rings. The molecule has 0 atom stereocenters. The molecule has 0 radical (unpaired) electrons. The number of benzene rings is 1. The zero-order chi connectivity index (χ0) is 15.0. The molecule has 2 rings (SSSR count). The van der Waals surface area contributed by atoms with Gasteiger partial charge in [0.25, 0.3) is 0 Å². The van der Waals surface area contributed by atoms with Crippen LogP contribution in [0.5, 0.6) is 0 Å². The standard InChI is InChI=1S/C15H15F3N2/c1-14(2,3)11-6-4-10(5-7-11)12-8-19-9-13(20-12)15(16,17)18/h4-9H,1-3H3. The van der Waals surface area contributed by atoms with Crippen LogP contribution in [0.15, 0.2) is 36.7 Å². The Bertz CT molecular complexity index is 596. The quantitative estimate of drug-likeness (QED) is 0.770. The number of nitrogens with zero attached hydrogens (tertiary/aromatic N) is 2. The molecule has 0 aliphatic rings. The lowest BCUT2D eigenvalue weighted by molar-refractivity contribution is -0.141. The summed E-state index contributed by atoms with van der Waals surface area (Å²) in [6.45, 7) is 6.23. The van der Waals surface area contributed by atoms with E-state index in [1.54, 1.807) is 12.1 Å². The molecule has 0 N–H and O–H groups in total. The first-order chi connectivity index (χ1) is 9.18. The van der Waals surface area contributed by atoms with Crippen LogP contribution in [0.1, 0.15) is 32.0 Å². The molecule has 1 heterocycles. The minimum atomic E-state index is -4.48. The van der Waals surface area contributed by atoms with Crippen LogP contribution in [0.4, 0.5) is 13.2 Å². The van der Waals surface area contributed by atoms with Crippen LogP contribution >= 0.6 is 0 Å². The fourth-order valence-corrected chi connectivity index (χ4v) is 1.78. The van der Waals surface area contributed by atoms with Crippen molar-refractivity contribution >= 4 is 0 Å². The van der Waals surface area contributed by atoms with Crippen LogP contribution in [-0.2, 0) is 11.6 Å². The second-order valence-electron chi connectivity index (χ2n) is 5.61. The summed E-state index contributed by atoms with van der Waals surface area (Å²) in [7, 11) is 0. The van der Waals surface area contributed by atoms with E-state index in [4.69, 9.17) is 0 Å². The molecule has 106 valence electrons. The smallest absolute Gasteiger partial charge is 0.260 e. The summed E-state index contributed by atoms with van der Waals surface area (Å²) >= 11 is 0. The average molecular weight is 280 g/mol. The molecule has 0 aliphatic heterocycles. The first-order valence-corrected chi connectivity index (χ1v) is 6.18. The largest absolute Gasteiger partial charge is 0.434 e. The Balaban J connectivity index is 2.38. The molecule has 0 bridgehead atoms. The van der Waals surface area contributed by atoms with Gasteiger partial charge < -0.3 is 0 Å². The maximum Gasteiger partial charge on any atom is 0.434 e. The molecule has 1 aromatic carbocycles. The van der Waals surface area contributed by atoms with E-state index in [2.05, 4.69) is 30.7 Å². The van der Waals surface area contributed by atoms with Crippen LogP contribution in [0.25, 0.3) is 11.3 Å². The van der Waals surface area contributed by atoms with Crippen molar-refractivity contribution < 1.29 is 13.2 Å². The summed E-state index contributed by atoms with van der Waals surface area (Å²) in [5.41, 5.74) is 0.978. The predicted octanol–water partition coefficient (Wildman–Crippen LogP) is 4.46. The zero-order valence-corrected chi connectivity index (χ0v) is 11.5. The fourth-order valence-electron chi connectivity index (χ4n) is 1.78. The van der Waals surface area contributed by atoms with Gasteiger partial charge >= 0.3 is 6.18 Å². The maximum atomic E-state index is 12.6. The normalized spacial score (nSPS) is 12.5. The minimum absolute atomic E-state index is 0.00196. The van der Waals surface area contributed by atoms with Gasteiger partial charge in [-0.05, 0) is 11.0 Å². The van der Waals surface area contributed by atoms with E-state index in [9.17, 15) is 13.2 Å². The summed E-state index contributed by atoms with van der Waals surface area (Å²) in [6.07, 6.45) is -2.41. The average Bonchev–Trinajstić information content (AvgIpc) is 2.37. The van der Waals surface area contributed by atoms with Gasteiger partial charge in [0.15, 0.2) is 5.69 Å². The van der Waals surface area contributed by atoms with Gasteiger partial charge in [0, 0.05) is 5.56 Å². The Morgan fingerprint density at radius 2 is 1.50 bits per heavy atom. The van der Waals surface area contributed by atoms with Gasteiger partial charge in [-0.1, -0.05) is 45.0 Å². The molecule has 0 spiro atoms. The lowest BCUT2D eigenvalue weighted by atomic mass is 9.86. The maximum absolute atomic E-state index is 12.6. The molecule has 0 amide bonds. The summed E-state index contributed by atoms with van der Waals surface area (Å²) in [5.74, 6) is 0. The molecule has 0 unspecified atom stereocenters. The summed E-state index contributed by atoms with van der Waals surface area (Å²) < 4.78 is 37.8. The van der Waals surface area contributed by atoms with Crippen molar-refractivity contribution in [2.45, 2.75) is 32.4 Å². The van der Waals surface area contributed by atoms with E-state index >= 15 is 0 Å². The van der Waals surface area contributed by atoms with Crippen molar-refractivity contribution in [2.24, 2.45) is 0 Å². The van der Waals surface area contributed by atoms with E-state index in [1.165, 1.54) is 6.20 Å². The summed E-state index contributed by atoms with van der Waals surface area (Å²) in [4.78, 5) is 7.23. The SMILES string of the molecule is CC(C)(C)c1ccc(-c2cncc(C(F)(F)F)n2)cc1. The van der Waals surface area contributed by atoms with Gasteiger partial charge in [-0.25, -0.2) is 4.98 Å². The lowest BCUT2D eigenvalue weighted by Gasteiger charge is -2.19. The summed E-state index contributed by atoms with van der Waals surface area (Å²) in [6, 6.07) is 7.34. The number of hydrogen-bond donors (Lipinski definition) is 0. The third kappa shape index (κ3) is 3.15. The van der Waals surface area contributed by atoms with Gasteiger partial charge in [0.05, 0.1) is 18.1 Å². The second-order valence-corrected chi connectivity index (χ2v) is 5.61. The number of aromatic nitrogens is 2. The Labute approximate surface area is 115 Å². The molecule has 0 saturated heterocycles. The van der Waals surface area contributed by atoms with E-state index in [0.717, 1.165) is 11.8 Å². The third-order valence-electron chi connectivity index (χ3n) is 2.97. The topological polar surface area (TPSA) is 25.8 Å². The lowest BCUT2D eigenvalue weighted by Crippen LogP contribution is -2.11. The minimum Gasteiger partial charge on any atom is -0.260 e. The number of halogens is 3. The highest BCUT2D eigenvalue weighted by Gasteiger charge is 2.33. The van der Waals surface area contributed by atoms with Crippen molar-refractivity contribution in [3.05, 3.63) is 47.9 Å². The molecule has 20 heavy (non-hydrogen) atoms. The predicted molar refractivity (Wildman–Crippen MR) is 71.2 cm³/mol. The van der Waals surface area contributed by atoms with Crippen LogP contribution < -0.4 is 0 Å². The number of hydrogen-bond acceptors (Lipinski definition) is 2. The molecule has 5 heteroatoms. The first-order valence-electron chi connectivity index (χ1n) is 6.18. The van der Waals surface area contributed by atoms with E-state index in [1.807, 2.05) is 12.1 Å². The van der Waals surface area contributed by atoms with Crippen molar-refractivity contribution in [3.8, 4) is 11.3 Å². The van der Waals surface area contributed by atoms with Crippen LogP contribution in [0.2, 0.25) is 0 Å².